The highest BCUT2D eigenvalue weighted by molar-refractivity contribution is 7.17. The van der Waals surface area contributed by atoms with Gasteiger partial charge in [-0.3, -0.25) is 4.90 Å². The molecule has 0 bridgehead atoms. The predicted octanol–water partition coefficient (Wildman–Crippen LogP) is 1.99. The minimum Gasteiger partial charge on any atom is -0.492 e. The molecule has 1 aromatic rings. The first-order chi connectivity index (χ1) is 9.56. The van der Waals surface area contributed by atoms with Gasteiger partial charge in [0.05, 0.1) is 7.11 Å². The fraction of sp³-hybridized carbons (Fsp3) is 0.643. The minimum atomic E-state index is 0.472. The number of nitriles is 1. The second-order valence-corrected chi connectivity index (χ2v) is 6.48. The highest BCUT2D eigenvalue weighted by Gasteiger charge is 2.25. The summed E-state index contributed by atoms with van der Waals surface area (Å²) in [5.74, 6) is 1.35. The summed E-state index contributed by atoms with van der Waals surface area (Å²) >= 11 is 1.43. The molecule has 5 nitrogen and oxygen atoms in total. The Bertz CT molecular complexity index is 498. The number of thiophene rings is 1. The maximum absolute atomic E-state index is 9.09. The smallest absolute Gasteiger partial charge is 0.177 e. The standard InChI is InChI=1S/C14H22N4OS/c1-10(2)9-17-4-6-18(7-5-17)14-13(19-3)12(16)11(8-15)20-14/h10H,4-7,9,16H2,1-3H3. The highest BCUT2D eigenvalue weighted by Crippen LogP contribution is 2.44. The Kier molecular flexibility index (Phi) is 4.73. The van der Waals surface area contributed by atoms with Crippen LogP contribution in [0.5, 0.6) is 5.75 Å². The van der Waals surface area contributed by atoms with Crippen LogP contribution in [0.3, 0.4) is 0 Å². The van der Waals surface area contributed by atoms with Crippen molar-refractivity contribution in [2.45, 2.75) is 13.8 Å². The summed E-state index contributed by atoms with van der Waals surface area (Å²) in [6.07, 6.45) is 0. The maximum atomic E-state index is 9.09. The first kappa shape index (κ1) is 14.9. The number of methoxy groups -OCH3 is 1. The van der Waals surface area contributed by atoms with Crippen molar-refractivity contribution in [3.63, 3.8) is 0 Å². The SMILES string of the molecule is COc1c(N2CCN(CC(C)C)CC2)sc(C#N)c1N. The van der Waals surface area contributed by atoms with Crippen LogP contribution >= 0.6 is 11.3 Å². The molecule has 1 fully saturated rings. The molecule has 0 aromatic carbocycles. The molecule has 1 aliphatic rings. The van der Waals surface area contributed by atoms with Crippen LogP contribution in [0.15, 0.2) is 0 Å². The molecule has 1 aromatic heterocycles. The van der Waals surface area contributed by atoms with E-state index >= 15 is 0 Å². The highest BCUT2D eigenvalue weighted by atomic mass is 32.1. The molecule has 1 saturated heterocycles. The number of hydrogen-bond donors (Lipinski definition) is 1. The van der Waals surface area contributed by atoms with Crippen molar-refractivity contribution in [3.8, 4) is 11.8 Å². The topological polar surface area (TPSA) is 65.5 Å². The molecule has 0 radical (unpaired) electrons. The Morgan fingerprint density at radius 2 is 2.00 bits per heavy atom. The molecule has 6 heteroatoms. The van der Waals surface area contributed by atoms with Crippen molar-refractivity contribution >= 4 is 22.0 Å². The Morgan fingerprint density at radius 3 is 2.50 bits per heavy atom. The molecular formula is C14H22N4OS. The number of piperazine rings is 1. The van der Waals surface area contributed by atoms with Gasteiger partial charge in [-0.15, -0.1) is 11.3 Å². The lowest BCUT2D eigenvalue weighted by Crippen LogP contribution is -2.47. The molecule has 2 N–H and O–H groups in total. The molecule has 0 aliphatic carbocycles. The first-order valence-corrected chi connectivity index (χ1v) is 7.72. The summed E-state index contributed by atoms with van der Waals surface area (Å²) in [6, 6.07) is 2.14. The van der Waals surface area contributed by atoms with Gasteiger partial charge in [0.1, 0.15) is 21.6 Å². The molecule has 0 unspecified atom stereocenters. The Hall–Kier alpha value is -1.45. The van der Waals surface area contributed by atoms with Crippen LogP contribution in [0.1, 0.15) is 18.7 Å². The van der Waals surface area contributed by atoms with Crippen LogP contribution in [0, 0.1) is 17.2 Å². The van der Waals surface area contributed by atoms with Crippen molar-refractivity contribution < 1.29 is 4.74 Å². The molecule has 0 atom stereocenters. The van der Waals surface area contributed by atoms with Crippen LogP contribution in [0.4, 0.5) is 10.7 Å². The van der Waals surface area contributed by atoms with Crippen LogP contribution in [0.25, 0.3) is 0 Å². The third-order valence-corrected chi connectivity index (χ3v) is 4.62. The molecule has 110 valence electrons. The van der Waals surface area contributed by atoms with E-state index in [9.17, 15) is 0 Å². The molecule has 2 rings (SSSR count). The van der Waals surface area contributed by atoms with Crippen LogP contribution in [-0.2, 0) is 0 Å². The van der Waals surface area contributed by atoms with Crippen molar-refractivity contribution in [3.05, 3.63) is 4.88 Å². The molecule has 0 spiro atoms. The fourth-order valence-corrected chi connectivity index (χ4v) is 3.59. The number of nitrogens with zero attached hydrogens (tertiary/aromatic N) is 3. The van der Waals surface area contributed by atoms with E-state index in [0.29, 0.717) is 22.2 Å². The van der Waals surface area contributed by atoms with Crippen LogP contribution in [0.2, 0.25) is 0 Å². The van der Waals surface area contributed by atoms with Gasteiger partial charge < -0.3 is 15.4 Å². The van der Waals surface area contributed by atoms with E-state index in [1.165, 1.54) is 11.3 Å². The lowest BCUT2D eigenvalue weighted by Gasteiger charge is -2.36. The van der Waals surface area contributed by atoms with E-state index in [1.54, 1.807) is 7.11 Å². The monoisotopic (exact) mass is 294 g/mol. The van der Waals surface area contributed by atoms with Crippen molar-refractivity contribution in [2.24, 2.45) is 5.92 Å². The average Bonchev–Trinajstić information content (AvgIpc) is 2.75. The van der Waals surface area contributed by atoms with Gasteiger partial charge in [-0.25, -0.2) is 0 Å². The van der Waals surface area contributed by atoms with Gasteiger partial charge in [-0.2, -0.15) is 5.26 Å². The third kappa shape index (κ3) is 3.00. The van der Waals surface area contributed by atoms with E-state index < -0.39 is 0 Å². The van der Waals surface area contributed by atoms with E-state index in [1.807, 2.05) is 0 Å². The largest absolute Gasteiger partial charge is 0.492 e. The first-order valence-electron chi connectivity index (χ1n) is 6.90. The summed E-state index contributed by atoms with van der Waals surface area (Å²) in [5, 5.41) is 10.1. The summed E-state index contributed by atoms with van der Waals surface area (Å²) < 4.78 is 5.38. The zero-order valence-corrected chi connectivity index (χ0v) is 13.2. The Balaban J connectivity index is 2.09. The number of rotatable bonds is 4. The van der Waals surface area contributed by atoms with E-state index in [-0.39, 0.29) is 0 Å². The maximum Gasteiger partial charge on any atom is 0.177 e. The number of hydrogen-bond acceptors (Lipinski definition) is 6. The van der Waals surface area contributed by atoms with Gasteiger partial charge >= 0.3 is 0 Å². The lowest BCUT2D eigenvalue weighted by molar-refractivity contribution is 0.231. The van der Waals surface area contributed by atoms with Crippen molar-refractivity contribution in [1.29, 1.82) is 5.26 Å². The number of anilines is 2. The zero-order valence-electron chi connectivity index (χ0n) is 12.3. The zero-order chi connectivity index (χ0) is 14.7. The number of ether oxygens (including phenoxy) is 1. The minimum absolute atomic E-state index is 0.472. The van der Waals surface area contributed by atoms with E-state index in [4.69, 9.17) is 15.7 Å². The van der Waals surface area contributed by atoms with E-state index in [0.717, 1.165) is 37.7 Å². The van der Waals surface area contributed by atoms with E-state index in [2.05, 4.69) is 29.7 Å². The van der Waals surface area contributed by atoms with Crippen LogP contribution in [-0.4, -0.2) is 44.7 Å². The Labute approximate surface area is 124 Å². The molecule has 20 heavy (non-hydrogen) atoms. The van der Waals surface area contributed by atoms with Gasteiger partial charge in [0.25, 0.3) is 0 Å². The number of nitrogen functional groups attached to an aromatic ring is 1. The normalized spacial score (nSPS) is 16.4. The van der Waals surface area contributed by atoms with Gasteiger partial charge in [-0.1, -0.05) is 13.8 Å². The summed E-state index contributed by atoms with van der Waals surface area (Å²) in [5.41, 5.74) is 6.42. The van der Waals surface area contributed by atoms with Crippen LogP contribution < -0.4 is 15.4 Å². The van der Waals surface area contributed by atoms with Gasteiger partial charge in [0.2, 0.25) is 0 Å². The van der Waals surface area contributed by atoms with Crippen molar-refractivity contribution in [1.82, 2.24) is 4.90 Å². The van der Waals surface area contributed by atoms with Gasteiger partial charge in [0.15, 0.2) is 5.75 Å². The summed E-state index contributed by atoms with van der Waals surface area (Å²) in [4.78, 5) is 5.30. The second-order valence-electron chi connectivity index (χ2n) is 5.48. The van der Waals surface area contributed by atoms with Crippen molar-refractivity contribution in [2.75, 3.05) is 50.5 Å². The second kappa shape index (κ2) is 6.33. The molecule has 0 saturated carbocycles. The summed E-state index contributed by atoms with van der Waals surface area (Å²) in [7, 11) is 1.61. The fourth-order valence-electron chi connectivity index (χ4n) is 2.55. The predicted molar refractivity (Wildman–Crippen MR) is 83.5 cm³/mol. The molecular weight excluding hydrogens is 272 g/mol. The van der Waals surface area contributed by atoms with Gasteiger partial charge in [0, 0.05) is 32.7 Å². The van der Waals surface area contributed by atoms with Gasteiger partial charge in [-0.05, 0) is 5.92 Å². The molecule has 0 amide bonds. The summed E-state index contributed by atoms with van der Waals surface area (Å²) in [6.45, 7) is 9.62. The average molecular weight is 294 g/mol. The third-order valence-electron chi connectivity index (χ3n) is 3.47. The quantitative estimate of drug-likeness (QED) is 0.920. The molecule has 1 aliphatic heterocycles. The molecule has 2 heterocycles. The Morgan fingerprint density at radius 1 is 1.35 bits per heavy atom. The lowest BCUT2D eigenvalue weighted by atomic mass is 10.2. The number of nitrogens with two attached hydrogens (primary N) is 1.